The number of phosphoric acid groups is 2. The first kappa shape index (κ1) is 91.1. The van der Waals surface area contributed by atoms with Crippen LogP contribution in [0.1, 0.15) is 388 Å². The summed E-state index contributed by atoms with van der Waals surface area (Å²) in [4.78, 5) is 72.6. The first-order chi connectivity index (χ1) is 45.0. The second-order valence-corrected chi connectivity index (χ2v) is 30.1. The highest BCUT2D eigenvalue weighted by Gasteiger charge is 2.30. The normalized spacial score (nSPS) is 14.0. The third-order valence-electron chi connectivity index (χ3n) is 17.3. The maximum Gasteiger partial charge on any atom is 0.472 e. The van der Waals surface area contributed by atoms with Crippen molar-refractivity contribution in [3.63, 3.8) is 0 Å². The number of phosphoric ester groups is 2. The summed E-state index contributed by atoms with van der Waals surface area (Å²) in [6, 6.07) is 0. The van der Waals surface area contributed by atoms with Gasteiger partial charge in [0, 0.05) is 25.7 Å². The molecule has 19 heteroatoms. The second kappa shape index (κ2) is 67.3. The van der Waals surface area contributed by atoms with Crippen LogP contribution in [0.15, 0.2) is 0 Å². The lowest BCUT2D eigenvalue weighted by Gasteiger charge is -2.21. The summed E-state index contributed by atoms with van der Waals surface area (Å²) in [5.74, 6) is -1.45. The molecule has 2 unspecified atom stereocenters. The summed E-state index contributed by atoms with van der Waals surface area (Å²) in [6.07, 6.45) is 55.8. The van der Waals surface area contributed by atoms with Gasteiger partial charge in [-0.25, -0.2) is 9.13 Å². The molecule has 0 radical (unpaired) electrons. The summed E-state index contributed by atoms with van der Waals surface area (Å²) in [6.45, 7) is 7.17. The van der Waals surface area contributed by atoms with Gasteiger partial charge in [0.2, 0.25) is 0 Å². The minimum absolute atomic E-state index is 0.103. The third-order valence-corrected chi connectivity index (χ3v) is 19.2. The van der Waals surface area contributed by atoms with Crippen molar-refractivity contribution in [1.82, 2.24) is 0 Å². The van der Waals surface area contributed by atoms with Gasteiger partial charge < -0.3 is 33.8 Å². The van der Waals surface area contributed by atoms with Gasteiger partial charge in [0.05, 0.1) is 26.4 Å². The molecule has 5 atom stereocenters. The van der Waals surface area contributed by atoms with E-state index in [0.29, 0.717) is 31.6 Å². The zero-order valence-corrected chi connectivity index (χ0v) is 62.2. The van der Waals surface area contributed by atoms with E-state index in [1.165, 1.54) is 212 Å². The molecule has 0 fully saturated rings. The molecule has 0 aliphatic heterocycles. The lowest BCUT2D eigenvalue weighted by Crippen LogP contribution is -2.30. The SMILES string of the molecule is CCCCCCCCCCCCCCCCCCCCCC(=O)O[C@H](COC(=O)CCCCCCCCCCCCCCCCCC)COP(=O)(O)OC[C@@H](O)COP(=O)(O)OC[C@@H](COC(=O)CCCCCCCCCCC)OC(=O)CCCCCCCCC(C)C. The Kier molecular flexibility index (Phi) is 65.9. The van der Waals surface area contributed by atoms with Crippen molar-refractivity contribution in [3.8, 4) is 0 Å². The molecule has 0 aliphatic carbocycles. The van der Waals surface area contributed by atoms with E-state index in [1.807, 2.05) is 0 Å². The Balaban J connectivity index is 5.19. The number of ether oxygens (including phenoxy) is 4. The van der Waals surface area contributed by atoms with Gasteiger partial charge in [0.25, 0.3) is 0 Å². The van der Waals surface area contributed by atoms with Crippen LogP contribution in [0, 0.1) is 5.92 Å². The maximum absolute atomic E-state index is 13.1. The molecule has 0 saturated carbocycles. The van der Waals surface area contributed by atoms with Crippen LogP contribution in [-0.2, 0) is 65.4 Å². The minimum atomic E-state index is -4.95. The van der Waals surface area contributed by atoms with E-state index in [1.54, 1.807) is 0 Å². The van der Waals surface area contributed by atoms with E-state index in [4.69, 9.17) is 37.0 Å². The molecule has 0 spiro atoms. The average molecular weight is 1370 g/mol. The molecule has 93 heavy (non-hydrogen) atoms. The summed E-state index contributed by atoms with van der Waals surface area (Å²) in [7, 11) is -9.90. The van der Waals surface area contributed by atoms with Gasteiger partial charge in [-0.05, 0) is 31.6 Å². The summed E-state index contributed by atoms with van der Waals surface area (Å²) >= 11 is 0. The fraction of sp³-hybridized carbons (Fsp3) is 0.946. The number of aliphatic hydroxyl groups excluding tert-OH is 1. The van der Waals surface area contributed by atoms with Crippen LogP contribution >= 0.6 is 15.6 Å². The number of carbonyl (C=O) groups excluding carboxylic acids is 4. The Morgan fingerprint density at radius 3 is 0.731 bits per heavy atom. The zero-order valence-electron chi connectivity index (χ0n) is 60.4. The third kappa shape index (κ3) is 68.4. The highest BCUT2D eigenvalue weighted by atomic mass is 31.2. The molecule has 0 amide bonds. The number of hydrogen-bond acceptors (Lipinski definition) is 15. The Labute approximate surface area is 568 Å². The van der Waals surface area contributed by atoms with Crippen LogP contribution in [-0.4, -0.2) is 96.7 Å². The van der Waals surface area contributed by atoms with E-state index < -0.39 is 97.5 Å². The van der Waals surface area contributed by atoms with Crippen molar-refractivity contribution in [2.24, 2.45) is 5.92 Å². The van der Waals surface area contributed by atoms with Gasteiger partial charge in [0.1, 0.15) is 19.3 Å². The standard InChI is InChI=1S/C74H144O17P2/c1-6-9-12-15-18-21-23-25-27-29-30-31-33-35-37-40-43-49-54-59-73(78)90-69(63-85-72(77)58-53-48-42-39-36-34-32-28-26-24-22-19-16-13-10-7-2)65-88-92(80,81)86-61-68(75)62-87-93(82,83)89-66-70(91-74(79)60-55-50-45-44-46-51-56-67(4)5)64-84-71(76)57-52-47-41-38-20-17-14-11-8-3/h67-70,75H,6-66H2,1-5H3,(H,80,81)(H,82,83)/t68-,69-,70-/m1/s1. The Morgan fingerprint density at radius 2 is 0.495 bits per heavy atom. The Hall–Kier alpha value is -1.94. The van der Waals surface area contributed by atoms with Crippen LogP contribution in [0.25, 0.3) is 0 Å². The number of hydrogen-bond donors (Lipinski definition) is 3. The van der Waals surface area contributed by atoms with Crippen molar-refractivity contribution in [2.75, 3.05) is 39.6 Å². The lowest BCUT2D eigenvalue weighted by atomic mass is 10.0. The summed E-state index contributed by atoms with van der Waals surface area (Å²) in [5.41, 5.74) is 0. The van der Waals surface area contributed by atoms with Crippen LogP contribution in [0.2, 0.25) is 0 Å². The van der Waals surface area contributed by atoms with E-state index >= 15 is 0 Å². The minimum Gasteiger partial charge on any atom is -0.462 e. The van der Waals surface area contributed by atoms with Crippen molar-refractivity contribution in [1.29, 1.82) is 0 Å². The van der Waals surface area contributed by atoms with E-state index in [9.17, 15) is 43.2 Å². The molecule has 0 heterocycles. The maximum atomic E-state index is 13.1. The number of aliphatic hydroxyl groups is 1. The fourth-order valence-corrected chi connectivity index (χ4v) is 12.9. The van der Waals surface area contributed by atoms with Gasteiger partial charge in [-0.2, -0.15) is 0 Å². The van der Waals surface area contributed by atoms with Crippen molar-refractivity contribution >= 4 is 39.5 Å². The average Bonchev–Trinajstić information content (AvgIpc) is 2.30. The van der Waals surface area contributed by atoms with Gasteiger partial charge in [-0.15, -0.1) is 0 Å². The van der Waals surface area contributed by atoms with Crippen LogP contribution in [0.4, 0.5) is 0 Å². The van der Waals surface area contributed by atoms with Crippen molar-refractivity contribution in [2.45, 2.75) is 406 Å². The largest absolute Gasteiger partial charge is 0.472 e. The highest BCUT2D eigenvalue weighted by molar-refractivity contribution is 7.47. The molecule has 552 valence electrons. The predicted octanol–water partition coefficient (Wildman–Crippen LogP) is 21.7. The van der Waals surface area contributed by atoms with Gasteiger partial charge in [0.15, 0.2) is 12.2 Å². The predicted molar refractivity (Wildman–Crippen MR) is 377 cm³/mol. The van der Waals surface area contributed by atoms with E-state index in [0.717, 1.165) is 89.9 Å². The number of unbranched alkanes of at least 4 members (excludes halogenated alkanes) is 46. The molecule has 17 nitrogen and oxygen atoms in total. The van der Waals surface area contributed by atoms with Gasteiger partial charge >= 0.3 is 39.5 Å². The van der Waals surface area contributed by atoms with Crippen LogP contribution in [0.5, 0.6) is 0 Å². The van der Waals surface area contributed by atoms with Crippen molar-refractivity contribution in [3.05, 3.63) is 0 Å². The number of esters is 4. The van der Waals surface area contributed by atoms with E-state index in [2.05, 4.69) is 34.6 Å². The van der Waals surface area contributed by atoms with E-state index in [-0.39, 0.29) is 25.7 Å². The van der Waals surface area contributed by atoms with Crippen LogP contribution in [0.3, 0.4) is 0 Å². The molecule has 0 aromatic rings. The smallest absolute Gasteiger partial charge is 0.462 e. The second-order valence-electron chi connectivity index (χ2n) is 27.2. The summed E-state index contributed by atoms with van der Waals surface area (Å²) in [5, 5.41) is 10.6. The topological polar surface area (TPSA) is 237 Å². The molecular weight excluding hydrogens is 1220 g/mol. The molecule has 0 aromatic carbocycles. The molecule has 0 bridgehead atoms. The number of rotatable bonds is 74. The first-order valence-corrected chi connectivity index (χ1v) is 41.6. The molecule has 3 N–H and O–H groups in total. The Bertz CT molecular complexity index is 1790. The molecular formula is C74H144O17P2. The zero-order chi connectivity index (χ0) is 68.4. The number of carbonyl (C=O) groups is 4. The molecule has 0 aromatic heterocycles. The lowest BCUT2D eigenvalue weighted by molar-refractivity contribution is -0.161. The molecule has 0 aliphatic rings. The molecule has 0 saturated heterocycles. The van der Waals surface area contributed by atoms with Crippen molar-refractivity contribution < 1.29 is 80.2 Å². The Morgan fingerprint density at radius 1 is 0.290 bits per heavy atom. The highest BCUT2D eigenvalue weighted by Crippen LogP contribution is 2.45. The van der Waals surface area contributed by atoms with Gasteiger partial charge in [-0.1, -0.05) is 336 Å². The molecule has 0 rings (SSSR count). The summed E-state index contributed by atoms with van der Waals surface area (Å²) < 4.78 is 68.3. The first-order valence-electron chi connectivity index (χ1n) is 38.6. The van der Waals surface area contributed by atoms with Gasteiger partial charge in [-0.3, -0.25) is 37.3 Å². The van der Waals surface area contributed by atoms with Crippen LogP contribution < -0.4 is 0 Å². The quantitative estimate of drug-likeness (QED) is 0.0222. The fourth-order valence-electron chi connectivity index (χ4n) is 11.4. The monoisotopic (exact) mass is 1370 g/mol.